The fraction of sp³-hybridized carbons (Fsp3) is 0.533. The molecule has 128 valence electrons. The van der Waals surface area contributed by atoms with Gasteiger partial charge < -0.3 is 10.6 Å². The lowest BCUT2D eigenvalue weighted by Gasteiger charge is -2.33. The fourth-order valence-corrected chi connectivity index (χ4v) is 2.52. The molecule has 2 rings (SSSR count). The van der Waals surface area contributed by atoms with Gasteiger partial charge in [-0.15, -0.1) is 0 Å². The van der Waals surface area contributed by atoms with Crippen molar-refractivity contribution in [2.24, 2.45) is 0 Å². The maximum atomic E-state index is 13.0. The summed E-state index contributed by atoms with van der Waals surface area (Å²) in [4.78, 5) is 13.9. The first-order valence-corrected chi connectivity index (χ1v) is 7.34. The zero-order valence-corrected chi connectivity index (χ0v) is 12.7. The van der Waals surface area contributed by atoms with Gasteiger partial charge in [-0.1, -0.05) is 6.07 Å². The molecule has 1 aromatic carbocycles. The molecule has 1 amide bonds. The second kappa shape index (κ2) is 7.27. The lowest BCUT2D eigenvalue weighted by Crippen LogP contribution is -2.52. The van der Waals surface area contributed by atoms with E-state index in [0.717, 1.165) is 25.2 Å². The second-order valence-corrected chi connectivity index (χ2v) is 5.60. The molecule has 1 heterocycles. The van der Waals surface area contributed by atoms with Gasteiger partial charge in [0.15, 0.2) is 0 Å². The SMILES string of the molecule is C[C@@H]1CNCCN1CC(=O)NCc1ccc(F)cc1C(F)(F)F. The molecule has 0 unspecified atom stereocenters. The molecular formula is C15H19F4N3O. The van der Waals surface area contributed by atoms with Gasteiger partial charge in [0.05, 0.1) is 12.1 Å². The summed E-state index contributed by atoms with van der Waals surface area (Å²) in [6, 6.07) is 2.63. The van der Waals surface area contributed by atoms with Gasteiger partial charge in [0.1, 0.15) is 5.82 Å². The quantitative estimate of drug-likeness (QED) is 0.825. The molecule has 1 aliphatic heterocycles. The Morgan fingerprint density at radius 3 is 2.83 bits per heavy atom. The predicted octanol–water partition coefficient (Wildman–Crippen LogP) is 1.75. The van der Waals surface area contributed by atoms with E-state index in [1.54, 1.807) is 0 Å². The summed E-state index contributed by atoms with van der Waals surface area (Å²) in [6.45, 7) is 4.07. The summed E-state index contributed by atoms with van der Waals surface area (Å²) >= 11 is 0. The molecule has 0 radical (unpaired) electrons. The number of piperazine rings is 1. The number of nitrogens with one attached hydrogen (secondary N) is 2. The van der Waals surface area contributed by atoms with Crippen molar-refractivity contribution in [2.75, 3.05) is 26.2 Å². The molecule has 2 N–H and O–H groups in total. The highest BCUT2D eigenvalue weighted by Crippen LogP contribution is 2.32. The molecule has 1 aliphatic rings. The summed E-state index contributed by atoms with van der Waals surface area (Å²) in [6.07, 6.45) is -4.66. The largest absolute Gasteiger partial charge is 0.416 e. The zero-order valence-electron chi connectivity index (χ0n) is 12.7. The van der Waals surface area contributed by atoms with Crippen LogP contribution in [0.5, 0.6) is 0 Å². The Hall–Kier alpha value is -1.67. The van der Waals surface area contributed by atoms with Crippen LogP contribution in [0.3, 0.4) is 0 Å². The Labute approximate surface area is 131 Å². The van der Waals surface area contributed by atoms with Crippen LogP contribution in [0, 0.1) is 5.82 Å². The first-order valence-electron chi connectivity index (χ1n) is 7.34. The van der Waals surface area contributed by atoms with E-state index in [1.807, 2.05) is 11.8 Å². The number of hydrogen-bond donors (Lipinski definition) is 2. The molecule has 0 aromatic heterocycles. The molecule has 1 saturated heterocycles. The summed E-state index contributed by atoms with van der Waals surface area (Å²) in [5.74, 6) is -1.31. The number of carbonyl (C=O) groups excluding carboxylic acids is 1. The van der Waals surface area contributed by atoms with Gasteiger partial charge in [-0.2, -0.15) is 13.2 Å². The van der Waals surface area contributed by atoms with Gasteiger partial charge in [-0.3, -0.25) is 9.69 Å². The topological polar surface area (TPSA) is 44.4 Å². The highest BCUT2D eigenvalue weighted by atomic mass is 19.4. The third-order valence-electron chi connectivity index (χ3n) is 3.84. The van der Waals surface area contributed by atoms with Crippen LogP contribution in [-0.2, 0) is 17.5 Å². The van der Waals surface area contributed by atoms with Crippen LogP contribution >= 0.6 is 0 Å². The van der Waals surface area contributed by atoms with E-state index in [4.69, 9.17) is 0 Å². The minimum absolute atomic E-state index is 0.130. The van der Waals surface area contributed by atoms with E-state index in [0.29, 0.717) is 12.6 Å². The Kier molecular flexibility index (Phi) is 5.59. The molecule has 23 heavy (non-hydrogen) atoms. The van der Waals surface area contributed by atoms with Gasteiger partial charge >= 0.3 is 6.18 Å². The molecular weight excluding hydrogens is 314 g/mol. The van der Waals surface area contributed by atoms with E-state index < -0.39 is 17.6 Å². The van der Waals surface area contributed by atoms with Crippen LogP contribution in [0.15, 0.2) is 18.2 Å². The van der Waals surface area contributed by atoms with Gasteiger partial charge in [0.2, 0.25) is 5.91 Å². The maximum absolute atomic E-state index is 13.0. The predicted molar refractivity (Wildman–Crippen MR) is 77.2 cm³/mol. The van der Waals surface area contributed by atoms with Crippen molar-refractivity contribution in [3.8, 4) is 0 Å². The number of carbonyl (C=O) groups is 1. The van der Waals surface area contributed by atoms with Crippen LogP contribution in [0.4, 0.5) is 17.6 Å². The lowest BCUT2D eigenvalue weighted by molar-refractivity contribution is -0.138. The Morgan fingerprint density at radius 2 is 2.17 bits per heavy atom. The number of nitrogens with zero attached hydrogens (tertiary/aromatic N) is 1. The third kappa shape index (κ3) is 4.90. The number of rotatable bonds is 4. The summed E-state index contributed by atoms with van der Waals surface area (Å²) in [5, 5.41) is 5.67. The minimum Gasteiger partial charge on any atom is -0.351 e. The molecule has 0 spiro atoms. The first kappa shape index (κ1) is 17.7. The van der Waals surface area contributed by atoms with Gasteiger partial charge in [-0.05, 0) is 24.6 Å². The number of alkyl halides is 3. The third-order valence-corrected chi connectivity index (χ3v) is 3.84. The van der Waals surface area contributed by atoms with E-state index in [1.165, 1.54) is 0 Å². The molecule has 0 saturated carbocycles. The molecule has 0 bridgehead atoms. The zero-order chi connectivity index (χ0) is 17.0. The van der Waals surface area contributed by atoms with Crippen molar-refractivity contribution >= 4 is 5.91 Å². The van der Waals surface area contributed by atoms with E-state index in [9.17, 15) is 22.4 Å². The molecule has 8 heteroatoms. The summed E-state index contributed by atoms with van der Waals surface area (Å²) < 4.78 is 51.7. The number of halogens is 4. The molecule has 1 fully saturated rings. The Balaban J connectivity index is 1.96. The second-order valence-electron chi connectivity index (χ2n) is 5.60. The monoisotopic (exact) mass is 333 g/mol. The fourth-order valence-electron chi connectivity index (χ4n) is 2.52. The summed E-state index contributed by atoms with van der Waals surface area (Å²) in [7, 11) is 0. The van der Waals surface area contributed by atoms with Crippen molar-refractivity contribution in [1.82, 2.24) is 15.5 Å². The van der Waals surface area contributed by atoms with Crippen molar-refractivity contribution < 1.29 is 22.4 Å². The Bertz CT molecular complexity index is 562. The van der Waals surface area contributed by atoms with E-state index in [2.05, 4.69) is 10.6 Å². The van der Waals surface area contributed by atoms with Crippen LogP contribution in [0.25, 0.3) is 0 Å². The standard InChI is InChI=1S/C15H19F4N3O/c1-10-7-20-4-5-22(10)9-14(23)21-8-11-2-3-12(16)6-13(11)15(17,18)19/h2-3,6,10,20H,4-5,7-9H2,1H3,(H,21,23)/t10-/m1/s1. The maximum Gasteiger partial charge on any atom is 0.416 e. The molecule has 0 aliphatic carbocycles. The average Bonchev–Trinajstić information content (AvgIpc) is 2.47. The van der Waals surface area contributed by atoms with E-state index >= 15 is 0 Å². The highest BCUT2D eigenvalue weighted by molar-refractivity contribution is 5.78. The van der Waals surface area contributed by atoms with Crippen molar-refractivity contribution in [2.45, 2.75) is 25.7 Å². The summed E-state index contributed by atoms with van der Waals surface area (Å²) in [5.41, 5.74) is -1.21. The average molecular weight is 333 g/mol. The molecule has 1 aromatic rings. The Morgan fingerprint density at radius 1 is 1.43 bits per heavy atom. The number of amides is 1. The number of hydrogen-bond acceptors (Lipinski definition) is 3. The van der Waals surface area contributed by atoms with Crippen molar-refractivity contribution in [3.05, 3.63) is 35.1 Å². The van der Waals surface area contributed by atoms with Crippen LogP contribution in [0.1, 0.15) is 18.1 Å². The molecule has 1 atom stereocenters. The van der Waals surface area contributed by atoms with Gasteiger partial charge in [0, 0.05) is 32.2 Å². The van der Waals surface area contributed by atoms with Gasteiger partial charge in [0.25, 0.3) is 0 Å². The first-order chi connectivity index (χ1) is 10.8. The smallest absolute Gasteiger partial charge is 0.351 e. The van der Waals surface area contributed by atoms with Crippen LogP contribution in [0.2, 0.25) is 0 Å². The van der Waals surface area contributed by atoms with Crippen LogP contribution < -0.4 is 10.6 Å². The number of benzene rings is 1. The normalized spacial score (nSPS) is 19.6. The highest BCUT2D eigenvalue weighted by Gasteiger charge is 2.33. The minimum atomic E-state index is -4.66. The van der Waals surface area contributed by atoms with Crippen molar-refractivity contribution in [1.29, 1.82) is 0 Å². The molecule has 4 nitrogen and oxygen atoms in total. The van der Waals surface area contributed by atoms with E-state index in [-0.39, 0.29) is 30.6 Å². The van der Waals surface area contributed by atoms with Crippen LogP contribution in [-0.4, -0.2) is 43.0 Å². The van der Waals surface area contributed by atoms with Crippen molar-refractivity contribution in [3.63, 3.8) is 0 Å². The lowest BCUT2D eigenvalue weighted by atomic mass is 10.1. The van der Waals surface area contributed by atoms with Gasteiger partial charge in [-0.25, -0.2) is 4.39 Å².